The van der Waals surface area contributed by atoms with Crippen LogP contribution in [-0.2, 0) is 17.8 Å². The highest BCUT2D eigenvalue weighted by atomic mass is 19.2. The summed E-state index contributed by atoms with van der Waals surface area (Å²) >= 11 is 0. The zero-order valence-corrected chi connectivity index (χ0v) is 15.4. The van der Waals surface area contributed by atoms with Crippen LogP contribution in [0.25, 0.3) is 0 Å². The first-order valence-electron chi connectivity index (χ1n) is 8.70. The molecule has 1 aromatic carbocycles. The molecule has 148 valence electrons. The molecule has 0 aliphatic heterocycles. The number of hydrogen-bond acceptors (Lipinski definition) is 5. The molecule has 3 N–H and O–H groups in total. The van der Waals surface area contributed by atoms with Gasteiger partial charge in [-0.15, -0.1) is 0 Å². The van der Waals surface area contributed by atoms with Gasteiger partial charge in [-0.25, -0.2) is 13.6 Å². The van der Waals surface area contributed by atoms with Gasteiger partial charge < -0.3 is 15.4 Å². The summed E-state index contributed by atoms with van der Waals surface area (Å²) in [7, 11) is 1.48. The molecule has 0 aliphatic carbocycles. The number of H-pyrrole nitrogens is 1. The summed E-state index contributed by atoms with van der Waals surface area (Å²) in [5, 5.41) is 0. The van der Waals surface area contributed by atoms with E-state index in [2.05, 4.69) is 4.98 Å². The Morgan fingerprint density at radius 2 is 2.04 bits per heavy atom. The number of nitrogen functional groups attached to an aromatic ring is 1. The van der Waals surface area contributed by atoms with Gasteiger partial charge in [0.15, 0.2) is 11.6 Å². The van der Waals surface area contributed by atoms with E-state index in [4.69, 9.17) is 10.5 Å². The van der Waals surface area contributed by atoms with Gasteiger partial charge in [-0.05, 0) is 12.5 Å². The lowest BCUT2D eigenvalue weighted by molar-refractivity contribution is 0.205. The van der Waals surface area contributed by atoms with Gasteiger partial charge in [-0.2, -0.15) is 0 Å². The number of methoxy groups -OCH3 is 1. The van der Waals surface area contributed by atoms with Crippen molar-refractivity contribution in [2.75, 3.05) is 30.9 Å². The second-order valence-corrected chi connectivity index (χ2v) is 6.13. The first-order valence-corrected chi connectivity index (χ1v) is 8.70. The minimum absolute atomic E-state index is 0.00915. The van der Waals surface area contributed by atoms with Gasteiger partial charge in [0.25, 0.3) is 5.56 Å². The van der Waals surface area contributed by atoms with Gasteiger partial charge in [-0.3, -0.25) is 14.3 Å². The monoisotopic (exact) mass is 382 g/mol. The maximum absolute atomic E-state index is 14.1. The van der Waals surface area contributed by atoms with Crippen LogP contribution in [-0.4, -0.2) is 29.8 Å². The molecule has 0 saturated carbocycles. The predicted octanol–water partition coefficient (Wildman–Crippen LogP) is 1.85. The van der Waals surface area contributed by atoms with Crippen LogP contribution in [0.2, 0.25) is 0 Å². The number of nitrogens with one attached hydrogen (secondary N) is 1. The largest absolute Gasteiger partial charge is 0.383 e. The minimum Gasteiger partial charge on any atom is -0.383 e. The molecule has 9 heteroatoms. The van der Waals surface area contributed by atoms with E-state index in [-0.39, 0.29) is 36.8 Å². The van der Waals surface area contributed by atoms with Crippen LogP contribution in [0.5, 0.6) is 0 Å². The van der Waals surface area contributed by atoms with Crippen LogP contribution < -0.4 is 21.9 Å². The third-order valence-corrected chi connectivity index (χ3v) is 4.22. The Hall–Kier alpha value is -2.68. The van der Waals surface area contributed by atoms with Crippen LogP contribution >= 0.6 is 0 Å². The summed E-state index contributed by atoms with van der Waals surface area (Å²) in [5.41, 5.74) is 4.93. The highest BCUT2D eigenvalue weighted by Gasteiger charge is 2.20. The van der Waals surface area contributed by atoms with E-state index in [0.29, 0.717) is 13.0 Å². The number of rotatable bonds is 9. The minimum atomic E-state index is -0.991. The Balaban J connectivity index is 2.51. The van der Waals surface area contributed by atoms with Crippen molar-refractivity contribution in [3.8, 4) is 0 Å². The lowest BCUT2D eigenvalue weighted by atomic mass is 10.2. The van der Waals surface area contributed by atoms with E-state index in [1.807, 2.05) is 6.92 Å². The number of aromatic amines is 1. The molecule has 1 heterocycles. The second kappa shape index (κ2) is 9.31. The average molecular weight is 382 g/mol. The molecule has 0 saturated heterocycles. The number of nitrogens with zero attached hydrogens (tertiary/aromatic N) is 2. The van der Waals surface area contributed by atoms with E-state index < -0.39 is 22.9 Å². The third-order valence-electron chi connectivity index (χ3n) is 4.22. The zero-order valence-electron chi connectivity index (χ0n) is 15.4. The van der Waals surface area contributed by atoms with Crippen molar-refractivity contribution in [2.45, 2.75) is 32.9 Å². The number of hydrogen-bond donors (Lipinski definition) is 2. The van der Waals surface area contributed by atoms with Crippen LogP contribution in [0.1, 0.15) is 25.3 Å². The molecule has 7 nitrogen and oxygen atoms in total. The van der Waals surface area contributed by atoms with E-state index in [1.54, 1.807) is 0 Å². The summed E-state index contributed by atoms with van der Waals surface area (Å²) in [4.78, 5) is 28.3. The summed E-state index contributed by atoms with van der Waals surface area (Å²) in [6, 6.07) is 3.83. The van der Waals surface area contributed by atoms with E-state index in [9.17, 15) is 18.4 Å². The number of ether oxygens (including phenoxy) is 1. The lowest BCUT2D eigenvalue weighted by Crippen LogP contribution is -2.39. The first-order chi connectivity index (χ1) is 12.9. The van der Waals surface area contributed by atoms with Crippen molar-refractivity contribution in [3.05, 3.63) is 56.2 Å². The second-order valence-electron chi connectivity index (χ2n) is 6.13. The van der Waals surface area contributed by atoms with Crippen molar-refractivity contribution in [3.63, 3.8) is 0 Å². The fraction of sp³-hybridized carbons (Fsp3) is 0.444. The summed E-state index contributed by atoms with van der Waals surface area (Å²) in [6.07, 6.45) is 1.54. The van der Waals surface area contributed by atoms with Crippen molar-refractivity contribution in [2.24, 2.45) is 0 Å². The molecule has 0 amide bonds. The summed E-state index contributed by atoms with van der Waals surface area (Å²) in [5.74, 6) is -1.98. The maximum atomic E-state index is 14.1. The van der Waals surface area contributed by atoms with Gasteiger partial charge in [0, 0.05) is 32.3 Å². The average Bonchev–Trinajstić information content (AvgIpc) is 2.62. The van der Waals surface area contributed by atoms with Crippen LogP contribution in [0.15, 0.2) is 27.8 Å². The van der Waals surface area contributed by atoms with Gasteiger partial charge in [-0.1, -0.05) is 25.5 Å². The van der Waals surface area contributed by atoms with Crippen molar-refractivity contribution >= 4 is 11.5 Å². The van der Waals surface area contributed by atoms with Gasteiger partial charge in [0.2, 0.25) is 0 Å². The summed E-state index contributed by atoms with van der Waals surface area (Å²) in [6.45, 7) is 2.63. The number of anilines is 2. The molecule has 0 unspecified atom stereocenters. The Kier molecular flexibility index (Phi) is 7.12. The van der Waals surface area contributed by atoms with Crippen LogP contribution in [0.4, 0.5) is 20.3 Å². The highest BCUT2D eigenvalue weighted by molar-refractivity contribution is 5.62. The smallest absolute Gasteiger partial charge is 0.330 e. The molecular formula is C18H24F2N4O3. The molecule has 0 fully saturated rings. The van der Waals surface area contributed by atoms with Crippen molar-refractivity contribution < 1.29 is 13.5 Å². The zero-order chi connectivity index (χ0) is 20.0. The molecular weight excluding hydrogens is 358 g/mol. The van der Waals surface area contributed by atoms with E-state index >= 15 is 0 Å². The van der Waals surface area contributed by atoms with Gasteiger partial charge in [0.05, 0.1) is 6.61 Å². The molecule has 0 aliphatic rings. The Morgan fingerprint density at radius 3 is 2.70 bits per heavy atom. The fourth-order valence-electron chi connectivity index (χ4n) is 2.77. The molecule has 0 radical (unpaired) electrons. The Bertz CT molecular complexity index is 895. The quantitative estimate of drug-likeness (QED) is 0.690. The third kappa shape index (κ3) is 4.73. The topological polar surface area (TPSA) is 93.3 Å². The normalized spacial score (nSPS) is 11.0. The number of benzene rings is 1. The van der Waals surface area contributed by atoms with Crippen LogP contribution in [0, 0.1) is 11.6 Å². The molecule has 0 bridgehead atoms. The van der Waals surface area contributed by atoms with Crippen LogP contribution in [0.3, 0.4) is 0 Å². The number of unbranched alkanes of at least 4 members (excludes halogenated alkanes) is 1. The van der Waals surface area contributed by atoms with Gasteiger partial charge >= 0.3 is 5.69 Å². The predicted molar refractivity (Wildman–Crippen MR) is 99.9 cm³/mol. The first kappa shape index (κ1) is 20.6. The van der Waals surface area contributed by atoms with E-state index in [0.717, 1.165) is 12.5 Å². The fourth-order valence-corrected chi connectivity index (χ4v) is 2.77. The molecule has 1 aromatic heterocycles. The maximum Gasteiger partial charge on any atom is 0.330 e. The van der Waals surface area contributed by atoms with Gasteiger partial charge in [0.1, 0.15) is 11.5 Å². The number of halogens is 2. The molecule has 2 aromatic rings. The Labute approximate surface area is 155 Å². The number of nitrogens with two attached hydrogens (primary N) is 1. The summed E-state index contributed by atoms with van der Waals surface area (Å²) < 4.78 is 34.0. The Morgan fingerprint density at radius 1 is 1.30 bits per heavy atom. The molecule has 0 spiro atoms. The highest BCUT2D eigenvalue weighted by Crippen LogP contribution is 2.21. The number of aromatic nitrogens is 2. The molecule has 27 heavy (non-hydrogen) atoms. The molecule has 2 rings (SSSR count). The SMILES string of the molecule is CCCCn1c(N)c(N(CCOC)Cc2cccc(F)c2F)c(=O)[nH]c1=O. The standard InChI is InChI=1S/C18H24F2N4O3/c1-3-4-8-24-16(21)15(17(25)22-18(24)26)23(9-10-27-2)11-12-6-5-7-13(19)14(12)20/h5-7H,3-4,8-11,21H2,1-2H3,(H,22,25,26). The van der Waals surface area contributed by atoms with Crippen molar-refractivity contribution in [1.82, 2.24) is 9.55 Å². The van der Waals surface area contributed by atoms with E-state index in [1.165, 1.54) is 28.7 Å². The van der Waals surface area contributed by atoms with Crippen molar-refractivity contribution in [1.29, 1.82) is 0 Å². The lowest BCUT2D eigenvalue weighted by Gasteiger charge is -2.26. The molecule has 0 atom stereocenters.